The summed E-state index contributed by atoms with van der Waals surface area (Å²) >= 11 is 1.46. The van der Waals surface area contributed by atoms with Gasteiger partial charge in [0.05, 0.1) is 11.3 Å². The van der Waals surface area contributed by atoms with E-state index in [0.29, 0.717) is 4.88 Å². The molecule has 2 aromatic carbocycles. The van der Waals surface area contributed by atoms with Crippen LogP contribution in [0.25, 0.3) is 10.8 Å². The van der Waals surface area contributed by atoms with Crippen LogP contribution in [0.3, 0.4) is 0 Å². The van der Waals surface area contributed by atoms with Crippen molar-refractivity contribution in [2.45, 2.75) is 26.7 Å². The summed E-state index contributed by atoms with van der Waals surface area (Å²) in [5.41, 5.74) is 7.00. The first-order chi connectivity index (χ1) is 12.1. The molecule has 1 heterocycles. The van der Waals surface area contributed by atoms with Crippen LogP contribution in [0.5, 0.6) is 0 Å². The minimum absolute atomic E-state index is 0.217. The van der Waals surface area contributed by atoms with Crippen molar-refractivity contribution in [3.05, 3.63) is 69.4 Å². The maximum atomic E-state index is 12.1. The molecule has 2 amide bonds. The lowest BCUT2D eigenvalue weighted by Gasteiger charge is -2.07. The standard InChI is InChI=1S/C20H20N2O2S/c1-3-17-13(2)10-18(25-17)20(24)22-21-19(23)12-14-8-9-15-6-4-5-7-16(15)11-14/h4-11H,3,12H2,1-2H3,(H,21,23)(H,22,24). The van der Waals surface area contributed by atoms with Gasteiger partial charge in [-0.25, -0.2) is 0 Å². The Kier molecular flexibility index (Phi) is 5.14. The number of rotatable bonds is 4. The van der Waals surface area contributed by atoms with E-state index in [0.717, 1.165) is 28.3 Å². The molecule has 0 spiro atoms. The summed E-state index contributed by atoms with van der Waals surface area (Å²) in [5, 5.41) is 2.23. The summed E-state index contributed by atoms with van der Waals surface area (Å²) in [4.78, 5) is 26.0. The monoisotopic (exact) mass is 352 g/mol. The Labute approximate surface area is 150 Å². The summed E-state index contributed by atoms with van der Waals surface area (Å²) in [6.45, 7) is 4.05. The van der Waals surface area contributed by atoms with E-state index in [-0.39, 0.29) is 18.2 Å². The Morgan fingerprint density at radius 3 is 2.48 bits per heavy atom. The molecule has 0 aliphatic heterocycles. The third-order valence-corrected chi connectivity index (χ3v) is 5.44. The molecule has 0 bridgehead atoms. The third-order valence-electron chi connectivity index (χ3n) is 4.06. The first-order valence-electron chi connectivity index (χ1n) is 8.23. The van der Waals surface area contributed by atoms with Gasteiger partial charge in [0, 0.05) is 4.88 Å². The Bertz CT molecular complexity index is 930. The van der Waals surface area contributed by atoms with Crippen LogP contribution in [0.4, 0.5) is 0 Å². The fraction of sp³-hybridized carbons (Fsp3) is 0.200. The van der Waals surface area contributed by atoms with Gasteiger partial charge in [-0.15, -0.1) is 11.3 Å². The first-order valence-corrected chi connectivity index (χ1v) is 9.04. The highest BCUT2D eigenvalue weighted by atomic mass is 32.1. The van der Waals surface area contributed by atoms with Crippen LogP contribution >= 0.6 is 11.3 Å². The second kappa shape index (κ2) is 7.49. The number of hydrogen-bond acceptors (Lipinski definition) is 3. The normalized spacial score (nSPS) is 10.6. The second-order valence-corrected chi connectivity index (χ2v) is 7.07. The molecule has 0 saturated carbocycles. The molecule has 1 aromatic heterocycles. The number of thiophene rings is 1. The van der Waals surface area contributed by atoms with E-state index in [1.807, 2.05) is 55.5 Å². The van der Waals surface area contributed by atoms with E-state index < -0.39 is 0 Å². The van der Waals surface area contributed by atoms with Crippen molar-refractivity contribution in [1.29, 1.82) is 0 Å². The zero-order valence-corrected chi connectivity index (χ0v) is 15.1. The van der Waals surface area contributed by atoms with Crippen molar-refractivity contribution in [3.63, 3.8) is 0 Å². The van der Waals surface area contributed by atoms with E-state index in [2.05, 4.69) is 17.8 Å². The quantitative estimate of drug-likeness (QED) is 0.702. The van der Waals surface area contributed by atoms with Crippen molar-refractivity contribution < 1.29 is 9.59 Å². The van der Waals surface area contributed by atoms with Crippen LogP contribution in [0.2, 0.25) is 0 Å². The van der Waals surface area contributed by atoms with E-state index in [1.54, 1.807) is 0 Å². The van der Waals surface area contributed by atoms with E-state index in [9.17, 15) is 9.59 Å². The Morgan fingerprint density at radius 1 is 1.00 bits per heavy atom. The molecule has 4 nitrogen and oxygen atoms in total. The number of carbonyl (C=O) groups is 2. The van der Waals surface area contributed by atoms with E-state index >= 15 is 0 Å². The number of aryl methyl sites for hydroxylation is 2. The molecular weight excluding hydrogens is 332 g/mol. The van der Waals surface area contributed by atoms with Crippen LogP contribution in [0, 0.1) is 6.92 Å². The van der Waals surface area contributed by atoms with Crippen LogP contribution in [-0.2, 0) is 17.6 Å². The Balaban J connectivity index is 1.58. The summed E-state index contributed by atoms with van der Waals surface area (Å²) in [6, 6.07) is 15.8. The molecule has 2 N–H and O–H groups in total. The maximum Gasteiger partial charge on any atom is 0.279 e. The van der Waals surface area contributed by atoms with Gasteiger partial charge in [-0.3, -0.25) is 20.4 Å². The van der Waals surface area contributed by atoms with Gasteiger partial charge < -0.3 is 0 Å². The Morgan fingerprint density at radius 2 is 1.76 bits per heavy atom. The fourth-order valence-electron chi connectivity index (χ4n) is 2.75. The van der Waals surface area contributed by atoms with Crippen molar-refractivity contribution >= 4 is 33.9 Å². The zero-order valence-electron chi connectivity index (χ0n) is 14.3. The van der Waals surface area contributed by atoms with Crippen LogP contribution in [-0.4, -0.2) is 11.8 Å². The lowest BCUT2D eigenvalue weighted by molar-refractivity contribution is -0.121. The second-order valence-electron chi connectivity index (χ2n) is 5.93. The molecule has 0 saturated heterocycles. The topological polar surface area (TPSA) is 58.2 Å². The van der Waals surface area contributed by atoms with Gasteiger partial charge in [-0.2, -0.15) is 0 Å². The molecule has 3 rings (SSSR count). The number of hydrazine groups is 1. The molecule has 0 fully saturated rings. The predicted octanol–water partition coefficient (Wildman–Crippen LogP) is 3.78. The number of hydrogen-bond donors (Lipinski definition) is 2. The SMILES string of the molecule is CCc1sc(C(=O)NNC(=O)Cc2ccc3ccccc3c2)cc1C. The molecule has 0 atom stereocenters. The number of nitrogens with one attached hydrogen (secondary N) is 2. The number of fused-ring (bicyclic) bond motifs is 1. The van der Waals surface area contributed by atoms with Gasteiger partial charge in [0.2, 0.25) is 5.91 Å². The average Bonchev–Trinajstić information content (AvgIpc) is 3.00. The Hall–Kier alpha value is -2.66. The maximum absolute atomic E-state index is 12.1. The highest BCUT2D eigenvalue weighted by molar-refractivity contribution is 7.14. The van der Waals surface area contributed by atoms with Crippen LogP contribution < -0.4 is 10.9 Å². The molecule has 128 valence electrons. The van der Waals surface area contributed by atoms with Gasteiger partial charge in [-0.1, -0.05) is 49.4 Å². The van der Waals surface area contributed by atoms with E-state index in [1.165, 1.54) is 16.2 Å². The van der Waals surface area contributed by atoms with Gasteiger partial charge in [-0.05, 0) is 41.3 Å². The summed E-state index contributed by atoms with van der Waals surface area (Å²) in [6.07, 6.45) is 1.12. The molecule has 0 radical (unpaired) electrons. The van der Waals surface area contributed by atoms with Crippen molar-refractivity contribution in [2.24, 2.45) is 0 Å². The van der Waals surface area contributed by atoms with Gasteiger partial charge in [0.1, 0.15) is 0 Å². The highest BCUT2D eigenvalue weighted by Gasteiger charge is 2.12. The molecule has 3 aromatic rings. The summed E-state index contributed by atoms with van der Waals surface area (Å²) < 4.78 is 0. The van der Waals surface area contributed by atoms with Crippen molar-refractivity contribution in [1.82, 2.24) is 10.9 Å². The summed E-state index contributed by atoms with van der Waals surface area (Å²) in [5.74, 6) is -0.521. The molecule has 25 heavy (non-hydrogen) atoms. The highest BCUT2D eigenvalue weighted by Crippen LogP contribution is 2.22. The molecule has 0 aliphatic rings. The van der Waals surface area contributed by atoms with Crippen molar-refractivity contribution in [2.75, 3.05) is 0 Å². The molecule has 5 heteroatoms. The predicted molar refractivity (Wildman–Crippen MR) is 102 cm³/mol. The lowest BCUT2D eigenvalue weighted by Crippen LogP contribution is -2.42. The van der Waals surface area contributed by atoms with Gasteiger partial charge >= 0.3 is 0 Å². The minimum Gasteiger partial charge on any atom is -0.273 e. The molecular formula is C20H20N2O2S. The number of amides is 2. The molecule has 0 unspecified atom stereocenters. The van der Waals surface area contributed by atoms with Gasteiger partial charge in [0.25, 0.3) is 5.91 Å². The van der Waals surface area contributed by atoms with E-state index in [4.69, 9.17) is 0 Å². The van der Waals surface area contributed by atoms with Gasteiger partial charge in [0.15, 0.2) is 0 Å². The summed E-state index contributed by atoms with van der Waals surface area (Å²) in [7, 11) is 0. The largest absolute Gasteiger partial charge is 0.279 e. The minimum atomic E-state index is -0.278. The zero-order chi connectivity index (χ0) is 17.8. The lowest BCUT2D eigenvalue weighted by atomic mass is 10.1. The fourth-order valence-corrected chi connectivity index (χ4v) is 3.76. The number of carbonyl (C=O) groups excluding carboxylic acids is 2. The number of benzene rings is 2. The first kappa shape index (κ1) is 17.2. The smallest absolute Gasteiger partial charge is 0.273 e. The molecule has 0 aliphatic carbocycles. The average molecular weight is 352 g/mol. The van der Waals surface area contributed by atoms with Crippen LogP contribution in [0.1, 0.15) is 32.6 Å². The third kappa shape index (κ3) is 4.06. The van der Waals surface area contributed by atoms with Crippen molar-refractivity contribution in [3.8, 4) is 0 Å². The van der Waals surface area contributed by atoms with Crippen LogP contribution in [0.15, 0.2) is 48.5 Å².